The first-order valence-corrected chi connectivity index (χ1v) is 9.51. The lowest BCUT2D eigenvalue weighted by molar-refractivity contribution is -0.141. The van der Waals surface area contributed by atoms with E-state index >= 15 is 0 Å². The van der Waals surface area contributed by atoms with Crippen molar-refractivity contribution in [1.82, 2.24) is 5.32 Å². The highest BCUT2D eigenvalue weighted by molar-refractivity contribution is 7.98. The highest BCUT2D eigenvalue weighted by Gasteiger charge is 2.27. The molecule has 0 heterocycles. The maximum Gasteiger partial charge on any atom is 0.307 e. The number of nitrogens with two attached hydrogens (primary N) is 1. The van der Waals surface area contributed by atoms with Crippen LogP contribution in [0, 0.1) is 5.92 Å². The van der Waals surface area contributed by atoms with Crippen LogP contribution in [-0.2, 0) is 14.3 Å². The summed E-state index contributed by atoms with van der Waals surface area (Å²) >= 11 is 1.65. The van der Waals surface area contributed by atoms with Gasteiger partial charge in [0.2, 0.25) is 5.91 Å². The molecule has 24 heavy (non-hydrogen) atoms. The maximum atomic E-state index is 12.4. The highest BCUT2D eigenvalue weighted by atomic mass is 32.2. The summed E-state index contributed by atoms with van der Waals surface area (Å²) in [7, 11) is 1.36. The first-order chi connectivity index (χ1) is 11.5. The number of hydrogen-bond acceptors (Lipinski definition) is 5. The zero-order valence-corrected chi connectivity index (χ0v) is 15.1. The maximum absolute atomic E-state index is 12.4. The fraction of sp³-hybridized carbons (Fsp3) is 0.556. The van der Waals surface area contributed by atoms with Gasteiger partial charge in [0.1, 0.15) is 0 Å². The molecule has 0 bridgehead atoms. The number of esters is 1. The molecule has 0 saturated heterocycles. The van der Waals surface area contributed by atoms with E-state index in [1.165, 1.54) is 7.11 Å². The highest BCUT2D eigenvalue weighted by Crippen LogP contribution is 2.27. The van der Waals surface area contributed by atoms with Gasteiger partial charge in [-0.15, -0.1) is 11.8 Å². The number of hydrogen-bond donors (Lipinski definition) is 2. The number of benzene rings is 1. The van der Waals surface area contributed by atoms with Crippen molar-refractivity contribution in [2.24, 2.45) is 11.7 Å². The van der Waals surface area contributed by atoms with E-state index in [0.717, 1.165) is 29.7 Å². The Balaban J connectivity index is 2.04. The van der Waals surface area contributed by atoms with E-state index in [1.54, 1.807) is 11.8 Å². The van der Waals surface area contributed by atoms with Crippen LogP contribution in [0.2, 0.25) is 0 Å². The average molecular weight is 350 g/mol. The molecular weight excluding hydrogens is 324 g/mol. The fourth-order valence-corrected chi connectivity index (χ4v) is 3.56. The molecule has 1 fully saturated rings. The number of rotatable bonds is 7. The predicted molar refractivity (Wildman–Crippen MR) is 95.7 cm³/mol. The normalized spacial score (nSPS) is 21.3. The first-order valence-electron chi connectivity index (χ1n) is 8.29. The Morgan fingerprint density at radius 2 is 2.04 bits per heavy atom. The SMILES string of the molecule is COC(=O)CC(NC(=O)C[C@@H]1CCC[C@H]1N)c1ccc(SC)cc1. The topological polar surface area (TPSA) is 81.4 Å². The molecule has 0 radical (unpaired) electrons. The number of amides is 1. The molecule has 1 aromatic carbocycles. The van der Waals surface area contributed by atoms with Crippen molar-refractivity contribution in [2.45, 2.75) is 49.1 Å². The summed E-state index contributed by atoms with van der Waals surface area (Å²) in [5.74, 6) is -0.158. The first kappa shape index (κ1) is 18.8. The molecule has 5 nitrogen and oxygen atoms in total. The van der Waals surface area contributed by atoms with Gasteiger partial charge in [0.05, 0.1) is 19.6 Å². The van der Waals surface area contributed by atoms with Crippen molar-refractivity contribution in [3.05, 3.63) is 29.8 Å². The predicted octanol–water partition coefficient (Wildman–Crippen LogP) is 2.65. The summed E-state index contributed by atoms with van der Waals surface area (Å²) in [4.78, 5) is 25.2. The second-order valence-corrected chi connectivity index (χ2v) is 7.11. The lowest BCUT2D eigenvalue weighted by Gasteiger charge is -2.21. The van der Waals surface area contributed by atoms with Crippen molar-refractivity contribution >= 4 is 23.6 Å². The van der Waals surface area contributed by atoms with Gasteiger partial charge in [0.15, 0.2) is 0 Å². The van der Waals surface area contributed by atoms with Gasteiger partial charge in [-0.25, -0.2) is 0 Å². The molecule has 1 aliphatic rings. The molecule has 1 aromatic rings. The molecule has 3 N–H and O–H groups in total. The van der Waals surface area contributed by atoms with E-state index in [1.807, 2.05) is 30.5 Å². The molecule has 0 spiro atoms. The monoisotopic (exact) mass is 350 g/mol. The zero-order chi connectivity index (χ0) is 17.5. The van der Waals surface area contributed by atoms with Crippen LogP contribution in [0.15, 0.2) is 29.2 Å². The van der Waals surface area contributed by atoms with Gasteiger partial charge in [-0.05, 0) is 42.7 Å². The fourth-order valence-electron chi connectivity index (χ4n) is 3.15. The van der Waals surface area contributed by atoms with Crippen LogP contribution in [0.1, 0.15) is 43.7 Å². The van der Waals surface area contributed by atoms with Crippen molar-refractivity contribution in [2.75, 3.05) is 13.4 Å². The molecule has 3 atom stereocenters. The van der Waals surface area contributed by atoms with Gasteiger partial charge in [-0.3, -0.25) is 9.59 Å². The van der Waals surface area contributed by atoms with Crippen LogP contribution in [0.4, 0.5) is 0 Å². The lowest BCUT2D eigenvalue weighted by atomic mass is 9.98. The molecule has 0 aliphatic heterocycles. The van der Waals surface area contributed by atoms with Gasteiger partial charge >= 0.3 is 5.97 Å². The largest absolute Gasteiger partial charge is 0.469 e. The van der Waals surface area contributed by atoms with Crippen molar-refractivity contribution in [3.63, 3.8) is 0 Å². The van der Waals surface area contributed by atoms with E-state index in [-0.39, 0.29) is 36.3 Å². The number of methoxy groups -OCH3 is 1. The molecule has 1 unspecified atom stereocenters. The molecule has 1 amide bonds. The van der Waals surface area contributed by atoms with Gasteiger partial charge in [0.25, 0.3) is 0 Å². The van der Waals surface area contributed by atoms with E-state index in [0.29, 0.717) is 6.42 Å². The van der Waals surface area contributed by atoms with Crippen molar-refractivity contribution in [1.29, 1.82) is 0 Å². The van der Waals surface area contributed by atoms with Gasteiger partial charge in [0, 0.05) is 17.4 Å². The zero-order valence-electron chi connectivity index (χ0n) is 14.3. The summed E-state index contributed by atoms with van der Waals surface area (Å²) in [6.07, 6.45) is 5.62. The Hall–Kier alpha value is -1.53. The Labute approximate surface area is 147 Å². The van der Waals surface area contributed by atoms with Gasteiger partial charge in [-0.1, -0.05) is 18.6 Å². The Kier molecular flexibility index (Phi) is 7.12. The minimum Gasteiger partial charge on any atom is -0.469 e. The Bertz CT molecular complexity index is 562. The third kappa shape index (κ3) is 5.24. The van der Waals surface area contributed by atoms with Crippen LogP contribution < -0.4 is 11.1 Å². The Morgan fingerprint density at radius 3 is 2.58 bits per heavy atom. The third-order valence-corrected chi connectivity index (χ3v) is 5.36. The summed E-state index contributed by atoms with van der Waals surface area (Å²) < 4.78 is 4.76. The molecule has 132 valence electrons. The van der Waals surface area contributed by atoms with Crippen LogP contribution in [0.5, 0.6) is 0 Å². The minimum atomic E-state index is -0.376. The van der Waals surface area contributed by atoms with E-state index in [9.17, 15) is 9.59 Å². The smallest absolute Gasteiger partial charge is 0.307 e. The minimum absolute atomic E-state index is 0.0554. The number of nitrogens with one attached hydrogen (secondary N) is 1. The number of ether oxygens (including phenoxy) is 1. The van der Waals surface area contributed by atoms with Crippen molar-refractivity contribution in [3.8, 4) is 0 Å². The summed E-state index contributed by atoms with van der Waals surface area (Å²) in [5.41, 5.74) is 6.95. The van der Waals surface area contributed by atoms with E-state index in [4.69, 9.17) is 10.5 Å². The third-order valence-electron chi connectivity index (χ3n) is 4.62. The molecule has 2 rings (SSSR count). The number of carbonyl (C=O) groups is 2. The lowest BCUT2D eigenvalue weighted by Crippen LogP contribution is -2.34. The number of thioether (sulfide) groups is 1. The second kappa shape index (κ2) is 9.08. The number of carbonyl (C=O) groups excluding carboxylic acids is 2. The quantitative estimate of drug-likeness (QED) is 0.584. The second-order valence-electron chi connectivity index (χ2n) is 6.23. The summed E-state index contributed by atoms with van der Waals surface area (Å²) in [5, 5.41) is 2.98. The van der Waals surface area contributed by atoms with Crippen LogP contribution >= 0.6 is 11.8 Å². The molecular formula is C18H26N2O3S. The van der Waals surface area contributed by atoms with Crippen molar-refractivity contribution < 1.29 is 14.3 Å². The van der Waals surface area contributed by atoms with E-state index in [2.05, 4.69) is 5.32 Å². The van der Waals surface area contributed by atoms with Gasteiger partial charge < -0.3 is 15.8 Å². The molecule has 1 saturated carbocycles. The molecule has 0 aromatic heterocycles. The van der Waals surface area contributed by atoms with Crippen LogP contribution in [-0.4, -0.2) is 31.3 Å². The average Bonchev–Trinajstić information content (AvgIpc) is 2.99. The Morgan fingerprint density at radius 1 is 1.33 bits per heavy atom. The van der Waals surface area contributed by atoms with Crippen LogP contribution in [0.3, 0.4) is 0 Å². The van der Waals surface area contributed by atoms with Gasteiger partial charge in [-0.2, -0.15) is 0 Å². The standard InChI is InChI=1S/C18H26N2O3S/c1-23-18(22)11-16(12-6-8-14(24-2)9-7-12)20-17(21)10-13-4-3-5-15(13)19/h6-9,13,15-16H,3-5,10-11,19H2,1-2H3,(H,20,21)/t13-,15+,16?/m0/s1. The van der Waals surface area contributed by atoms with Crippen LogP contribution in [0.25, 0.3) is 0 Å². The summed E-state index contributed by atoms with van der Waals surface area (Å²) in [6, 6.07) is 7.60. The summed E-state index contributed by atoms with van der Waals surface area (Å²) in [6.45, 7) is 0. The van der Waals surface area contributed by atoms with E-state index < -0.39 is 0 Å². The molecule has 1 aliphatic carbocycles. The molecule has 6 heteroatoms.